The lowest BCUT2D eigenvalue weighted by molar-refractivity contribution is -0.384. The monoisotopic (exact) mass is 262 g/mol. The molecule has 0 unspecified atom stereocenters. The lowest BCUT2D eigenvalue weighted by atomic mass is 10.1. The molecule has 1 rings (SSSR count). The van der Waals surface area contributed by atoms with Crippen LogP contribution in [0.25, 0.3) is 6.08 Å². The molecule has 0 atom stereocenters. The minimum absolute atomic E-state index is 0.0283. The van der Waals surface area contributed by atoms with E-state index >= 15 is 0 Å². The molecule has 0 heterocycles. The second kappa shape index (κ2) is 6.68. The van der Waals surface area contributed by atoms with Crippen molar-refractivity contribution in [1.29, 1.82) is 0 Å². The van der Waals surface area contributed by atoms with Crippen molar-refractivity contribution in [2.45, 2.75) is 20.8 Å². The summed E-state index contributed by atoms with van der Waals surface area (Å²) in [5.41, 5.74) is 1.62. The molecule has 0 saturated carbocycles. The van der Waals surface area contributed by atoms with Crippen LogP contribution in [0.2, 0.25) is 0 Å². The topological polar surface area (TPSA) is 63.5 Å². The second-order valence-electron chi connectivity index (χ2n) is 4.14. The number of non-ortho nitro benzene ring substituents is 1. The summed E-state index contributed by atoms with van der Waals surface area (Å²) in [6.07, 6.45) is 3.09. The van der Waals surface area contributed by atoms with Crippen molar-refractivity contribution in [2.24, 2.45) is 0 Å². The number of hydrogen-bond donors (Lipinski definition) is 0. The van der Waals surface area contributed by atoms with Crippen molar-refractivity contribution in [3.8, 4) is 0 Å². The first-order valence-electron chi connectivity index (χ1n) is 6.21. The van der Waals surface area contributed by atoms with E-state index in [1.165, 1.54) is 18.2 Å². The Morgan fingerprint density at radius 2 is 2.00 bits per heavy atom. The Morgan fingerprint density at radius 1 is 1.37 bits per heavy atom. The van der Waals surface area contributed by atoms with Gasteiger partial charge in [0.25, 0.3) is 5.69 Å². The van der Waals surface area contributed by atoms with Crippen LogP contribution >= 0.6 is 0 Å². The molecule has 0 aliphatic rings. The van der Waals surface area contributed by atoms with E-state index in [1.54, 1.807) is 17.0 Å². The van der Waals surface area contributed by atoms with Gasteiger partial charge in [-0.05, 0) is 38.0 Å². The molecular weight excluding hydrogens is 244 g/mol. The zero-order valence-electron chi connectivity index (χ0n) is 11.4. The standard InChI is InChI=1S/C14H18N2O3/c1-4-15(5-2)14(17)9-7-12-10-13(16(18)19)8-6-11(12)3/h6-10H,4-5H2,1-3H3. The Hall–Kier alpha value is -2.17. The number of benzene rings is 1. The van der Waals surface area contributed by atoms with E-state index in [9.17, 15) is 14.9 Å². The van der Waals surface area contributed by atoms with Crippen LogP contribution in [0, 0.1) is 17.0 Å². The Balaban J connectivity index is 2.95. The molecule has 1 amide bonds. The van der Waals surface area contributed by atoms with Crippen molar-refractivity contribution >= 4 is 17.7 Å². The minimum atomic E-state index is -0.441. The Bertz CT molecular complexity index is 505. The van der Waals surface area contributed by atoms with E-state index in [2.05, 4.69) is 0 Å². The number of hydrogen-bond acceptors (Lipinski definition) is 3. The van der Waals surface area contributed by atoms with Gasteiger partial charge in [-0.25, -0.2) is 0 Å². The van der Waals surface area contributed by atoms with Gasteiger partial charge in [-0.15, -0.1) is 0 Å². The van der Waals surface area contributed by atoms with Crippen LogP contribution in [0.15, 0.2) is 24.3 Å². The molecule has 1 aromatic rings. The molecule has 0 spiro atoms. The molecule has 0 aliphatic carbocycles. The number of amides is 1. The van der Waals surface area contributed by atoms with Gasteiger partial charge < -0.3 is 4.90 Å². The van der Waals surface area contributed by atoms with Gasteiger partial charge in [0.05, 0.1) is 4.92 Å². The summed E-state index contributed by atoms with van der Waals surface area (Å²) in [4.78, 5) is 23.8. The zero-order valence-corrected chi connectivity index (χ0v) is 11.4. The highest BCUT2D eigenvalue weighted by atomic mass is 16.6. The lowest BCUT2D eigenvalue weighted by Crippen LogP contribution is -2.28. The predicted molar refractivity (Wildman–Crippen MR) is 74.8 cm³/mol. The van der Waals surface area contributed by atoms with Crippen LogP contribution in [0.1, 0.15) is 25.0 Å². The van der Waals surface area contributed by atoms with Gasteiger partial charge in [0, 0.05) is 31.3 Å². The van der Waals surface area contributed by atoms with Crippen molar-refractivity contribution in [3.05, 3.63) is 45.5 Å². The fourth-order valence-electron chi connectivity index (χ4n) is 1.72. The number of rotatable bonds is 5. The SMILES string of the molecule is CCN(CC)C(=O)C=Cc1cc([N+](=O)[O-])ccc1C. The van der Waals surface area contributed by atoms with Gasteiger partial charge in [-0.3, -0.25) is 14.9 Å². The van der Waals surface area contributed by atoms with E-state index in [-0.39, 0.29) is 11.6 Å². The maximum Gasteiger partial charge on any atom is 0.270 e. The van der Waals surface area contributed by atoms with Crippen LogP contribution in [-0.2, 0) is 4.79 Å². The van der Waals surface area contributed by atoms with Gasteiger partial charge in [-0.2, -0.15) is 0 Å². The Kier molecular flexibility index (Phi) is 5.23. The molecule has 0 saturated heterocycles. The Labute approximate surface area is 112 Å². The lowest BCUT2D eigenvalue weighted by Gasteiger charge is -2.15. The highest BCUT2D eigenvalue weighted by molar-refractivity contribution is 5.92. The molecule has 0 radical (unpaired) electrons. The van der Waals surface area contributed by atoms with Crippen LogP contribution in [-0.4, -0.2) is 28.8 Å². The molecular formula is C14H18N2O3. The molecule has 5 nitrogen and oxygen atoms in total. The van der Waals surface area contributed by atoms with Crippen LogP contribution in [0.5, 0.6) is 0 Å². The van der Waals surface area contributed by atoms with E-state index in [1.807, 2.05) is 20.8 Å². The maximum atomic E-state index is 11.8. The third-order valence-electron chi connectivity index (χ3n) is 2.95. The predicted octanol–water partition coefficient (Wildman–Crippen LogP) is 2.78. The second-order valence-corrected chi connectivity index (χ2v) is 4.14. The smallest absolute Gasteiger partial charge is 0.270 e. The summed E-state index contributed by atoms with van der Waals surface area (Å²) >= 11 is 0. The largest absolute Gasteiger partial charge is 0.340 e. The Morgan fingerprint density at radius 3 is 2.53 bits per heavy atom. The first-order valence-corrected chi connectivity index (χ1v) is 6.21. The van der Waals surface area contributed by atoms with E-state index < -0.39 is 4.92 Å². The highest BCUT2D eigenvalue weighted by Gasteiger charge is 2.08. The number of carbonyl (C=O) groups is 1. The summed E-state index contributed by atoms with van der Waals surface area (Å²) in [5.74, 6) is -0.0871. The molecule has 19 heavy (non-hydrogen) atoms. The van der Waals surface area contributed by atoms with Crippen molar-refractivity contribution in [2.75, 3.05) is 13.1 Å². The molecule has 0 N–H and O–H groups in total. The normalized spacial score (nSPS) is 10.7. The average molecular weight is 262 g/mol. The van der Waals surface area contributed by atoms with Crippen LogP contribution < -0.4 is 0 Å². The first kappa shape index (κ1) is 14.9. The molecule has 0 fully saturated rings. The van der Waals surface area contributed by atoms with Crippen molar-refractivity contribution < 1.29 is 9.72 Å². The first-order chi connectivity index (χ1) is 8.99. The fourth-order valence-corrected chi connectivity index (χ4v) is 1.72. The van der Waals surface area contributed by atoms with Gasteiger partial charge in [0.1, 0.15) is 0 Å². The quantitative estimate of drug-likeness (QED) is 0.465. The molecule has 1 aromatic carbocycles. The summed E-state index contributed by atoms with van der Waals surface area (Å²) in [7, 11) is 0. The van der Waals surface area contributed by atoms with Crippen molar-refractivity contribution in [3.63, 3.8) is 0 Å². The van der Waals surface area contributed by atoms with Gasteiger partial charge in [0.2, 0.25) is 5.91 Å². The molecule has 102 valence electrons. The third-order valence-corrected chi connectivity index (χ3v) is 2.95. The minimum Gasteiger partial charge on any atom is -0.340 e. The maximum absolute atomic E-state index is 11.8. The van der Waals surface area contributed by atoms with Crippen molar-refractivity contribution in [1.82, 2.24) is 4.90 Å². The number of nitro groups is 1. The average Bonchev–Trinajstić information content (AvgIpc) is 2.38. The molecule has 0 aliphatic heterocycles. The van der Waals surface area contributed by atoms with E-state index in [0.717, 1.165) is 5.56 Å². The van der Waals surface area contributed by atoms with E-state index in [4.69, 9.17) is 0 Å². The van der Waals surface area contributed by atoms with Crippen LogP contribution in [0.3, 0.4) is 0 Å². The summed E-state index contributed by atoms with van der Waals surface area (Å²) in [5, 5.41) is 10.7. The number of aryl methyl sites for hydroxylation is 1. The summed E-state index contributed by atoms with van der Waals surface area (Å²) in [6, 6.07) is 4.61. The molecule has 5 heteroatoms. The number of carbonyl (C=O) groups excluding carboxylic acids is 1. The summed E-state index contributed by atoms with van der Waals surface area (Å²) in [6.45, 7) is 6.97. The zero-order chi connectivity index (χ0) is 14.4. The molecule has 0 bridgehead atoms. The van der Waals surface area contributed by atoms with Gasteiger partial charge >= 0.3 is 0 Å². The van der Waals surface area contributed by atoms with Gasteiger partial charge in [0.15, 0.2) is 0 Å². The van der Waals surface area contributed by atoms with Gasteiger partial charge in [-0.1, -0.05) is 6.07 Å². The molecule has 0 aromatic heterocycles. The van der Waals surface area contributed by atoms with Crippen LogP contribution in [0.4, 0.5) is 5.69 Å². The highest BCUT2D eigenvalue weighted by Crippen LogP contribution is 2.18. The number of nitro benzene ring substituents is 1. The fraction of sp³-hybridized carbons (Fsp3) is 0.357. The summed E-state index contributed by atoms with van der Waals surface area (Å²) < 4.78 is 0. The number of likely N-dealkylation sites (N-methyl/N-ethyl adjacent to an activating group) is 1. The third kappa shape index (κ3) is 3.91. The van der Waals surface area contributed by atoms with E-state index in [0.29, 0.717) is 18.7 Å². The number of nitrogens with zero attached hydrogens (tertiary/aromatic N) is 2.